The van der Waals surface area contributed by atoms with E-state index in [1.54, 1.807) is 0 Å². The highest BCUT2D eigenvalue weighted by Gasteiger charge is 2.15. The molecule has 0 atom stereocenters. The van der Waals surface area contributed by atoms with E-state index in [2.05, 4.69) is 69.3 Å². The van der Waals surface area contributed by atoms with Crippen LogP contribution in [0.15, 0.2) is 53.5 Å². The van der Waals surface area contributed by atoms with Gasteiger partial charge in [0, 0.05) is 5.71 Å². The first-order chi connectivity index (χ1) is 10.0. The molecule has 3 rings (SSSR count). The third-order valence-electron chi connectivity index (χ3n) is 4.19. The Balaban J connectivity index is 1.93. The fraction of sp³-hybridized carbons (Fsp3) is 0.350. The van der Waals surface area contributed by atoms with Crippen LogP contribution in [0, 0.1) is 0 Å². The molecule has 0 N–H and O–H groups in total. The largest absolute Gasteiger partial charge is 0.253 e. The van der Waals surface area contributed by atoms with Gasteiger partial charge in [-0.1, -0.05) is 57.2 Å². The van der Waals surface area contributed by atoms with Gasteiger partial charge in [0.25, 0.3) is 0 Å². The molecule has 0 unspecified atom stereocenters. The summed E-state index contributed by atoms with van der Waals surface area (Å²) in [6.45, 7) is 6.72. The summed E-state index contributed by atoms with van der Waals surface area (Å²) < 4.78 is 0. The number of fused-ring (bicyclic) bond motifs is 1. The first-order valence-electron chi connectivity index (χ1n) is 7.80. The van der Waals surface area contributed by atoms with Crippen LogP contribution in [0.5, 0.6) is 0 Å². The van der Waals surface area contributed by atoms with E-state index in [0.717, 1.165) is 12.1 Å². The summed E-state index contributed by atoms with van der Waals surface area (Å²) in [5.74, 6) is 0. The molecule has 1 heteroatoms. The van der Waals surface area contributed by atoms with Gasteiger partial charge >= 0.3 is 0 Å². The van der Waals surface area contributed by atoms with Crippen molar-refractivity contribution in [3.05, 3.63) is 65.2 Å². The number of rotatable bonds is 1. The maximum absolute atomic E-state index is 4.90. The van der Waals surface area contributed by atoms with Crippen molar-refractivity contribution in [2.75, 3.05) is 0 Å². The molecule has 0 radical (unpaired) electrons. The number of hydrogen-bond acceptors (Lipinski definition) is 1. The van der Waals surface area contributed by atoms with E-state index in [0.29, 0.717) is 0 Å². The van der Waals surface area contributed by atoms with Gasteiger partial charge in [-0.05, 0) is 53.5 Å². The van der Waals surface area contributed by atoms with Crippen LogP contribution in [0.3, 0.4) is 0 Å². The Hall–Kier alpha value is -1.89. The third-order valence-corrected chi connectivity index (χ3v) is 4.19. The van der Waals surface area contributed by atoms with Crippen LogP contribution in [0.2, 0.25) is 0 Å². The molecule has 0 fully saturated rings. The van der Waals surface area contributed by atoms with E-state index in [4.69, 9.17) is 4.99 Å². The summed E-state index contributed by atoms with van der Waals surface area (Å²) in [5.41, 5.74) is 6.63. The summed E-state index contributed by atoms with van der Waals surface area (Å²) in [6, 6.07) is 17.4. The lowest BCUT2D eigenvalue weighted by molar-refractivity contribution is 0.590. The highest BCUT2D eigenvalue weighted by atomic mass is 14.7. The van der Waals surface area contributed by atoms with E-state index in [-0.39, 0.29) is 5.41 Å². The normalized spacial score (nSPS) is 16.8. The zero-order valence-corrected chi connectivity index (χ0v) is 13.2. The van der Waals surface area contributed by atoms with Crippen LogP contribution in [0.25, 0.3) is 0 Å². The highest BCUT2D eigenvalue weighted by molar-refractivity contribution is 6.04. The van der Waals surface area contributed by atoms with Crippen LogP contribution >= 0.6 is 0 Å². The summed E-state index contributed by atoms with van der Waals surface area (Å²) in [6.07, 6.45) is 3.46. The molecular weight excluding hydrogens is 254 g/mol. The molecule has 0 amide bonds. The van der Waals surface area contributed by atoms with Gasteiger partial charge in [-0.25, -0.2) is 0 Å². The molecular formula is C20H23N. The summed E-state index contributed by atoms with van der Waals surface area (Å²) in [7, 11) is 0. The van der Waals surface area contributed by atoms with Crippen molar-refractivity contribution in [1.29, 1.82) is 0 Å². The van der Waals surface area contributed by atoms with Crippen molar-refractivity contribution in [3.8, 4) is 0 Å². The van der Waals surface area contributed by atoms with E-state index in [1.807, 2.05) is 0 Å². The minimum atomic E-state index is 0.198. The van der Waals surface area contributed by atoms with Crippen molar-refractivity contribution in [2.24, 2.45) is 4.99 Å². The fourth-order valence-electron chi connectivity index (χ4n) is 2.91. The topological polar surface area (TPSA) is 12.4 Å². The Kier molecular flexibility index (Phi) is 3.67. The van der Waals surface area contributed by atoms with Crippen molar-refractivity contribution >= 4 is 11.4 Å². The molecule has 2 aromatic rings. The SMILES string of the molecule is CC(C)(C)c1ccc(/N=C2\CCCc3ccccc32)cc1. The van der Waals surface area contributed by atoms with Gasteiger partial charge in [0.2, 0.25) is 0 Å². The molecule has 0 aromatic heterocycles. The predicted octanol–water partition coefficient (Wildman–Crippen LogP) is 5.44. The molecule has 2 aromatic carbocycles. The quantitative estimate of drug-likeness (QED) is 0.658. The van der Waals surface area contributed by atoms with Crippen LogP contribution in [0.4, 0.5) is 5.69 Å². The molecule has 1 nitrogen and oxygen atoms in total. The Morgan fingerprint density at radius 2 is 1.57 bits per heavy atom. The molecule has 0 bridgehead atoms. The summed E-state index contributed by atoms with van der Waals surface area (Å²) in [4.78, 5) is 4.90. The lowest BCUT2D eigenvalue weighted by Gasteiger charge is -2.19. The van der Waals surface area contributed by atoms with E-state index in [9.17, 15) is 0 Å². The minimum absolute atomic E-state index is 0.198. The highest BCUT2D eigenvalue weighted by Crippen LogP contribution is 2.27. The molecule has 21 heavy (non-hydrogen) atoms. The van der Waals surface area contributed by atoms with E-state index in [1.165, 1.54) is 35.2 Å². The number of aliphatic imine (C=N–C) groups is 1. The zero-order valence-electron chi connectivity index (χ0n) is 13.2. The number of nitrogens with zero attached hydrogens (tertiary/aromatic N) is 1. The van der Waals surface area contributed by atoms with Crippen LogP contribution in [-0.2, 0) is 11.8 Å². The van der Waals surface area contributed by atoms with Crippen molar-refractivity contribution in [2.45, 2.75) is 45.4 Å². The average Bonchev–Trinajstić information content (AvgIpc) is 2.47. The Morgan fingerprint density at radius 1 is 0.857 bits per heavy atom. The molecule has 0 saturated carbocycles. The average molecular weight is 277 g/mol. The third kappa shape index (κ3) is 3.07. The molecule has 108 valence electrons. The maximum atomic E-state index is 4.90. The predicted molar refractivity (Wildman–Crippen MR) is 90.7 cm³/mol. The molecule has 1 aliphatic rings. The Bertz CT molecular complexity index is 657. The Labute approximate surface area is 127 Å². The number of aryl methyl sites for hydroxylation is 1. The standard InChI is InChI=1S/C20H23N/c1-20(2,3)16-11-13-17(14-12-16)21-19-10-6-8-15-7-4-5-9-18(15)19/h4-5,7,9,11-14H,6,8,10H2,1-3H3/b21-19+. The molecule has 0 heterocycles. The van der Waals surface area contributed by atoms with Crippen LogP contribution < -0.4 is 0 Å². The molecule has 0 saturated heterocycles. The lowest BCUT2D eigenvalue weighted by Crippen LogP contribution is -2.11. The van der Waals surface area contributed by atoms with Crippen LogP contribution in [-0.4, -0.2) is 5.71 Å². The van der Waals surface area contributed by atoms with E-state index >= 15 is 0 Å². The van der Waals surface area contributed by atoms with E-state index < -0.39 is 0 Å². The summed E-state index contributed by atoms with van der Waals surface area (Å²) >= 11 is 0. The van der Waals surface area contributed by atoms with Gasteiger partial charge in [0.15, 0.2) is 0 Å². The number of hydrogen-bond donors (Lipinski definition) is 0. The fourth-order valence-corrected chi connectivity index (χ4v) is 2.91. The lowest BCUT2D eigenvalue weighted by atomic mass is 9.87. The second kappa shape index (κ2) is 5.48. The minimum Gasteiger partial charge on any atom is -0.253 e. The molecule has 0 spiro atoms. The van der Waals surface area contributed by atoms with Crippen molar-refractivity contribution < 1.29 is 0 Å². The zero-order chi connectivity index (χ0) is 14.9. The van der Waals surface area contributed by atoms with Gasteiger partial charge < -0.3 is 0 Å². The summed E-state index contributed by atoms with van der Waals surface area (Å²) in [5, 5.41) is 0. The molecule has 1 aliphatic carbocycles. The number of benzene rings is 2. The first kappa shape index (κ1) is 14.1. The second-order valence-corrected chi connectivity index (χ2v) is 6.87. The van der Waals surface area contributed by atoms with Crippen molar-refractivity contribution in [1.82, 2.24) is 0 Å². The molecule has 0 aliphatic heterocycles. The van der Waals surface area contributed by atoms with Gasteiger partial charge in [-0.3, -0.25) is 4.99 Å². The van der Waals surface area contributed by atoms with Gasteiger partial charge in [-0.15, -0.1) is 0 Å². The monoisotopic (exact) mass is 277 g/mol. The smallest absolute Gasteiger partial charge is 0.0633 e. The Morgan fingerprint density at radius 3 is 2.29 bits per heavy atom. The van der Waals surface area contributed by atoms with Crippen molar-refractivity contribution in [3.63, 3.8) is 0 Å². The van der Waals surface area contributed by atoms with Gasteiger partial charge in [0.05, 0.1) is 5.69 Å². The van der Waals surface area contributed by atoms with Gasteiger partial charge in [0.1, 0.15) is 0 Å². The van der Waals surface area contributed by atoms with Crippen LogP contribution in [0.1, 0.15) is 50.3 Å². The maximum Gasteiger partial charge on any atom is 0.0633 e. The first-order valence-corrected chi connectivity index (χ1v) is 7.80. The van der Waals surface area contributed by atoms with Gasteiger partial charge in [-0.2, -0.15) is 0 Å². The second-order valence-electron chi connectivity index (χ2n) is 6.87.